The first kappa shape index (κ1) is 17.7. The number of hydrogen-bond acceptors (Lipinski definition) is 4. The first-order valence-corrected chi connectivity index (χ1v) is 8.66. The van der Waals surface area contributed by atoms with E-state index in [2.05, 4.69) is 38.0 Å². The highest BCUT2D eigenvalue weighted by Crippen LogP contribution is 2.11. The van der Waals surface area contributed by atoms with E-state index in [1.165, 1.54) is 5.56 Å². The number of benzene rings is 1. The second-order valence-corrected chi connectivity index (χ2v) is 5.82. The number of guanidine groups is 1. The van der Waals surface area contributed by atoms with Gasteiger partial charge in [0.1, 0.15) is 11.6 Å². The standard InChI is InChI=1S/C19H24N6O/c1-20-19(21-12-10-15-6-8-16(26-2)9-7-15)22-13-11-18-24-23-17-5-3-4-14-25(17)18/h3-9,14H,10-13H2,1-2H3,(H2,20,21,22). The van der Waals surface area contributed by atoms with Crippen molar-refractivity contribution in [2.75, 3.05) is 27.2 Å². The topological polar surface area (TPSA) is 75.8 Å². The summed E-state index contributed by atoms with van der Waals surface area (Å²) < 4.78 is 7.18. The van der Waals surface area contributed by atoms with Gasteiger partial charge in [0, 0.05) is 32.8 Å². The Bertz CT molecular complexity index is 856. The number of nitrogens with zero attached hydrogens (tertiary/aromatic N) is 4. The molecule has 3 aromatic rings. The van der Waals surface area contributed by atoms with Gasteiger partial charge in [0.25, 0.3) is 0 Å². The van der Waals surface area contributed by atoms with Crippen LogP contribution in [-0.4, -0.2) is 47.8 Å². The SMILES string of the molecule is CN=C(NCCc1ccc(OC)cc1)NCCc1nnc2ccccn12. The Kier molecular flexibility index (Phi) is 6.03. The van der Waals surface area contributed by atoms with Crippen LogP contribution in [0.5, 0.6) is 5.75 Å². The Morgan fingerprint density at radius 1 is 1.04 bits per heavy atom. The number of aromatic nitrogens is 3. The molecule has 7 heteroatoms. The smallest absolute Gasteiger partial charge is 0.191 e. The molecule has 0 atom stereocenters. The summed E-state index contributed by atoms with van der Waals surface area (Å²) in [6, 6.07) is 14.0. The van der Waals surface area contributed by atoms with Gasteiger partial charge in [0.05, 0.1) is 7.11 Å². The van der Waals surface area contributed by atoms with Gasteiger partial charge in [-0.2, -0.15) is 0 Å². The fourth-order valence-electron chi connectivity index (χ4n) is 2.69. The van der Waals surface area contributed by atoms with Crippen LogP contribution in [0.1, 0.15) is 11.4 Å². The van der Waals surface area contributed by atoms with Crippen LogP contribution < -0.4 is 15.4 Å². The molecule has 3 rings (SSSR count). The van der Waals surface area contributed by atoms with E-state index in [1.54, 1.807) is 14.2 Å². The molecular formula is C19H24N6O. The van der Waals surface area contributed by atoms with Gasteiger partial charge in [-0.15, -0.1) is 10.2 Å². The average molecular weight is 352 g/mol. The van der Waals surface area contributed by atoms with E-state index in [0.29, 0.717) is 0 Å². The molecule has 0 aliphatic carbocycles. The van der Waals surface area contributed by atoms with E-state index in [9.17, 15) is 0 Å². The summed E-state index contributed by atoms with van der Waals surface area (Å²) in [5, 5.41) is 15.0. The Hall–Kier alpha value is -3.09. The van der Waals surface area contributed by atoms with Crippen LogP contribution in [0.2, 0.25) is 0 Å². The van der Waals surface area contributed by atoms with Crippen LogP contribution in [0.3, 0.4) is 0 Å². The van der Waals surface area contributed by atoms with Crippen LogP contribution in [0.4, 0.5) is 0 Å². The Labute approximate surface area is 153 Å². The highest BCUT2D eigenvalue weighted by molar-refractivity contribution is 5.79. The molecule has 0 radical (unpaired) electrons. The Morgan fingerprint density at radius 3 is 2.54 bits per heavy atom. The van der Waals surface area contributed by atoms with Gasteiger partial charge >= 0.3 is 0 Å². The summed E-state index contributed by atoms with van der Waals surface area (Å²) in [5.41, 5.74) is 2.12. The van der Waals surface area contributed by atoms with Crippen molar-refractivity contribution in [3.63, 3.8) is 0 Å². The van der Waals surface area contributed by atoms with Gasteiger partial charge < -0.3 is 15.4 Å². The third-order valence-corrected chi connectivity index (χ3v) is 4.11. The molecule has 0 aliphatic rings. The summed E-state index contributed by atoms with van der Waals surface area (Å²) in [6.07, 6.45) is 3.66. The van der Waals surface area contributed by atoms with E-state index >= 15 is 0 Å². The summed E-state index contributed by atoms with van der Waals surface area (Å²) in [7, 11) is 3.45. The van der Waals surface area contributed by atoms with Crippen LogP contribution >= 0.6 is 0 Å². The van der Waals surface area contributed by atoms with Crippen molar-refractivity contribution in [3.8, 4) is 5.75 Å². The number of pyridine rings is 1. The van der Waals surface area contributed by atoms with Gasteiger partial charge in [-0.25, -0.2) is 0 Å². The molecular weight excluding hydrogens is 328 g/mol. The Balaban J connectivity index is 1.43. The molecule has 0 bridgehead atoms. The molecule has 0 unspecified atom stereocenters. The molecule has 0 spiro atoms. The third kappa shape index (κ3) is 4.50. The van der Waals surface area contributed by atoms with E-state index in [4.69, 9.17) is 4.74 Å². The lowest BCUT2D eigenvalue weighted by Crippen LogP contribution is -2.39. The largest absolute Gasteiger partial charge is 0.497 e. The number of ether oxygens (including phenoxy) is 1. The van der Waals surface area contributed by atoms with Crippen molar-refractivity contribution < 1.29 is 4.74 Å². The maximum absolute atomic E-state index is 5.17. The normalized spacial score (nSPS) is 11.5. The molecule has 0 amide bonds. The lowest BCUT2D eigenvalue weighted by Gasteiger charge is -2.11. The second kappa shape index (κ2) is 8.84. The van der Waals surface area contributed by atoms with Crippen molar-refractivity contribution in [1.29, 1.82) is 0 Å². The third-order valence-electron chi connectivity index (χ3n) is 4.11. The zero-order valence-corrected chi connectivity index (χ0v) is 15.1. The van der Waals surface area contributed by atoms with Crippen molar-refractivity contribution in [3.05, 3.63) is 60.0 Å². The minimum Gasteiger partial charge on any atom is -0.497 e. The minimum atomic E-state index is 0.734. The predicted octanol–water partition coefficient (Wildman–Crippen LogP) is 1.69. The molecule has 136 valence electrons. The fraction of sp³-hybridized carbons (Fsp3) is 0.316. The van der Waals surface area contributed by atoms with Gasteiger partial charge in [-0.05, 0) is 36.2 Å². The molecule has 7 nitrogen and oxygen atoms in total. The first-order valence-electron chi connectivity index (χ1n) is 8.66. The van der Waals surface area contributed by atoms with Crippen molar-refractivity contribution in [2.45, 2.75) is 12.8 Å². The number of rotatable bonds is 7. The molecule has 26 heavy (non-hydrogen) atoms. The second-order valence-electron chi connectivity index (χ2n) is 5.82. The van der Waals surface area contributed by atoms with Crippen LogP contribution in [0.15, 0.2) is 53.7 Å². The maximum Gasteiger partial charge on any atom is 0.191 e. The quantitative estimate of drug-likeness (QED) is 0.500. The molecule has 0 saturated carbocycles. The van der Waals surface area contributed by atoms with Crippen molar-refractivity contribution in [2.24, 2.45) is 4.99 Å². The minimum absolute atomic E-state index is 0.734. The number of nitrogens with one attached hydrogen (secondary N) is 2. The molecule has 0 saturated heterocycles. The van der Waals surface area contributed by atoms with E-state index in [0.717, 1.165) is 49.1 Å². The summed E-state index contributed by atoms with van der Waals surface area (Å²) >= 11 is 0. The first-order chi connectivity index (χ1) is 12.8. The van der Waals surface area contributed by atoms with Crippen LogP contribution in [0.25, 0.3) is 5.65 Å². The molecule has 0 aliphatic heterocycles. The van der Waals surface area contributed by atoms with Crippen molar-refractivity contribution in [1.82, 2.24) is 25.2 Å². The van der Waals surface area contributed by atoms with E-state index < -0.39 is 0 Å². The monoisotopic (exact) mass is 352 g/mol. The predicted molar refractivity (Wildman–Crippen MR) is 103 cm³/mol. The van der Waals surface area contributed by atoms with Gasteiger partial charge in [0.15, 0.2) is 11.6 Å². The molecule has 2 N–H and O–H groups in total. The summed E-state index contributed by atoms with van der Waals surface area (Å²) in [5.74, 6) is 2.59. The number of hydrogen-bond donors (Lipinski definition) is 2. The summed E-state index contributed by atoms with van der Waals surface area (Å²) in [4.78, 5) is 4.26. The molecule has 2 aromatic heterocycles. The molecule has 1 aromatic carbocycles. The highest BCUT2D eigenvalue weighted by atomic mass is 16.5. The highest BCUT2D eigenvalue weighted by Gasteiger charge is 2.05. The molecule has 0 fully saturated rings. The Morgan fingerprint density at radius 2 is 1.81 bits per heavy atom. The fourth-order valence-corrected chi connectivity index (χ4v) is 2.69. The number of fused-ring (bicyclic) bond motifs is 1. The van der Waals surface area contributed by atoms with E-state index in [1.807, 2.05) is 40.9 Å². The van der Waals surface area contributed by atoms with Crippen molar-refractivity contribution >= 4 is 11.6 Å². The lowest BCUT2D eigenvalue weighted by atomic mass is 10.1. The zero-order chi connectivity index (χ0) is 18.2. The number of methoxy groups -OCH3 is 1. The van der Waals surface area contributed by atoms with E-state index in [-0.39, 0.29) is 0 Å². The average Bonchev–Trinajstić information content (AvgIpc) is 3.10. The molecule has 2 heterocycles. The van der Waals surface area contributed by atoms with Gasteiger partial charge in [0.2, 0.25) is 0 Å². The van der Waals surface area contributed by atoms with Crippen LogP contribution in [-0.2, 0) is 12.8 Å². The maximum atomic E-state index is 5.17. The summed E-state index contributed by atoms with van der Waals surface area (Å²) in [6.45, 7) is 1.54. The van der Waals surface area contributed by atoms with Crippen LogP contribution in [0, 0.1) is 0 Å². The van der Waals surface area contributed by atoms with Gasteiger partial charge in [-0.3, -0.25) is 9.39 Å². The van der Waals surface area contributed by atoms with Gasteiger partial charge in [-0.1, -0.05) is 18.2 Å². The zero-order valence-electron chi connectivity index (χ0n) is 15.1. The lowest BCUT2D eigenvalue weighted by molar-refractivity contribution is 0.414. The number of aliphatic imine (C=N–C) groups is 1.